The topological polar surface area (TPSA) is 119 Å². The van der Waals surface area contributed by atoms with Crippen LogP contribution < -0.4 is 10.1 Å². The van der Waals surface area contributed by atoms with Crippen LogP contribution in [-0.4, -0.2) is 57.8 Å². The Morgan fingerprint density at radius 2 is 1.91 bits per heavy atom. The van der Waals surface area contributed by atoms with Crippen LogP contribution in [0.25, 0.3) is 5.82 Å². The first-order valence-corrected chi connectivity index (χ1v) is 11.5. The van der Waals surface area contributed by atoms with E-state index in [0.717, 1.165) is 16.4 Å². The number of nitrogens with zero attached hydrogens (tertiary/aromatic N) is 5. The maximum Gasteiger partial charge on any atom is 0.573 e. The Bertz CT molecular complexity index is 1260. The Hall–Kier alpha value is -3.52. The van der Waals surface area contributed by atoms with Gasteiger partial charge >= 0.3 is 6.36 Å². The summed E-state index contributed by atoms with van der Waals surface area (Å²) in [6.07, 6.45) is -0.135. The number of rotatable bonds is 6. The van der Waals surface area contributed by atoms with Crippen LogP contribution in [0.4, 0.5) is 18.9 Å². The summed E-state index contributed by atoms with van der Waals surface area (Å²) >= 11 is 0. The number of nitrogens with one attached hydrogen (secondary N) is 1. The van der Waals surface area contributed by atoms with Gasteiger partial charge in [0, 0.05) is 31.3 Å². The highest BCUT2D eigenvalue weighted by atomic mass is 32.2. The van der Waals surface area contributed by atoms with Gasteiger partial charge in [-0.15, -0.1) is 13.2 Å². The molecule has 180 valence electrons. The van der Waals surface area contributed by atoms with E-state index < -0.39 is 28.1 Å². The fraction of sp³-hybridized carbons (Fsp3) is 0.300. The number of hydrogen-bond acceptors (Lipinski definition) is 7. The zero-order valence-electron chi connectivity index (χ0n) is 17.5. The number of pyridine rings is 1. The summed E-state index contributed by atoms with van der Waals surface area (Å²) in [6.45, 7) is 0.0709. The average molecular weight is 496 g/mol. The van der Waals surface area contributed by atoms with E-state index in [1.807, 2.05) is 0 Å². The van der Waals surface area contributed by atoms with Crippen LogP contribution >= 0.6 is 0 Å². The standard InChI is InChI=1S/C20H19F3N6O4S/c21-20(22,23)33-15-3-1-4-16(11-15)34(31,32)28-9-6-14(7-10-28)19(30)27-17-5-2-8-25-18(17)29-13-24-12-26-29/h1-5,8,11-14H,6-7,9-10H2,(H,27,30). The molecule has 3 heterocycles. The fourth-order valence-electron chi connectivity index (χ4n) is 3.57. The molecule has 1 aromatic carbocycles. The molecule has 14 heteroatoms. The molecule has 1 amide bonds. The lowest BCUT2D eigenvalue weighted by atomic mass is 9.97. The quantitative estimate of drug-likeness (QED) is 0.557. The van der Waals surface area contributed by atoms with Crippen molar-refractivity contribution in [2.24, 2.45) is 5.92 Å². The van der Waals surface area contributed by atoms with Crippen molar-refractivity contribution in [2.45, 2.75) is 24.1 Å². The molecule has 1 aliphatic rings. The van der Waals surface area contributed by atoms with Gasteiger partial charge in [0.25, 0.3) is 0 Å². The molecule has 1 fully saturated rings. The molecule has 1 N–H and O–H groups in total. The highest BCUT2D eigenvalue weighted by molar-refractivity contribution is 7.89. The van der Waals surface area contributed by atoms with Gasteiger partial charge in [-0.2, -0.15) is 9.40 Å². The molecule has 3 aromatic rings. The number of carbonyl (C=O) groups is 1. The fourth-order valence-corrected chi connectivity index (χ4v) is 5.07. The number of anilines is 1. The van der Waals surface area contributed by atoms with Crippen LogP contribution in [0.3, 0.4) is 0 Å². The first-order chi connectivity index (χ1) is 16.1. The van der Waals surface area contributed by atoms with Gasteiger partial charge in [-0.3, -0.25) is 4.79 Å². The van der Waals surface area contributed by atoms with Crippen molar-refractivity contribution in [1.82, 2.24) is 24.1 Å². The van der Waals surface area contributed by atoms with Crippen molar-refractivity contribution in [3.63, 3.8) is 0 Å². The van der Waals surface area contributed by atoms with Crippen molar-refractivity contribution >= 4 is 21.6 Å². The molecule has 2 aromatic heterocycles. The van der Waals surface area contributed by atoms with Crippen LogP contribution in [0.5, 0.6) is 5.75 Å². The molecule has 0 aliphatic carbocycles. The van der Waals surface area contributed by atoms with Gasteiger partial charge in [0.2, 0.25) is 15.9 Å². The average Bonchev–Trinajstić information content (AvgIpc) is 3.33. The highest BCUT2D eigenvalue weighted by Crippen LogP contribution is 2.29. The second-order valence-corrected chi connectivity index (χ2v) is 9.34. The first-order valence-electron chi connectivity index (χ1n) is 10.1. The summed E-state index contributed by atoms with van der Waals surface area (Å²) in [5.74, 6) is -1.00. The molecule has 0 spiro atoms. The molecule has 1 aliphatic heterocycles. The van der Waals surface area contributed by atoms with E-state index in [2.05, 4.69) is 25.1 Å². The molecule has 4 rings (SSSR count). The molecular weight excluding hydrogens is 477 g/mol. The monoisotopic (exact) mass is 496 g/mol. The van der Waals surface area contributed by atoms with E-state index in [1.54, 1.807) is 18.3 Å². The van der Waals surface area contributed by atoms with E-state index in [9.17, 15) is 26.4 Å². The second kappa shape index (κ2) is 9.38. The van der Waals surface area contributed by atoms with Crippen LogP contribution in [0, 0.1) is 5.92 Å². The van der Waals surface area contributed by atoms with Crippen molar-refractivity contribution in [3.8, 4) is 11.6 Å². The third-order valence-electron chi connectivity index (χ3n) is 5.18. The zero-order chi connectivity index (χ0) is 24.3. The number of amides is 1. The number of alkyl halides is 3. The highest BCUT2D eigenvalue weighted by Gasteiger charge is 2.34. The molecule has 10 nitrogen and oxygen atoms in total. The maximum absolute atomic E-state index is 12.9. The maximum atomic E-state index is 12.9. The van der Waals surface area contributed by atoms with Crippen molar-refractivity contribution in [1.29, 1.82) is 0 Å². The third kappa shape index (κ3) is 5.34. The first kappa shape index (κ1) is 23.6. The molecule has 0 saturated carbocycles. The number of carbonyl (C=O) groups excluding carboxylic acids is 1. The smallest absolute Gasteiger partial charge is 0.406 e. The van der Waals surface area contributed by atoms with Crippen LogP contribution in [-0.2, 0) is 14.8 Å². The Morgan fingerprint density at radius 3 is 2.59 bits per heavy atom. The summed E-state index contributed by atoms with van der Waals surface area (Å²) in [4.78, 5) is 20.6. The number of halogens is 3. The summed E-state index contributed by atoms with van der Waals surface area (Å²) < 4.78 is 69.6. The Labute approximate surface area is 192 Å². The molecule has 0 atom stereocenters. The van der Waals surface area contributed by atoms with E-state index in [4.69, 9.17) is 0 Å². The van der Waals surface area contributed by atoms with Gasteiger partial charge in [0.1, 0.15) is 18.4 Å². The minimum absolute atomic E-state index is 0.0355. The van der Waals surface area contributed by atoms with Gasteiger partial charge in [-0.1, -0.05) is 6.07 Å². The summed E-state index contributed by atoms with van der Waals surface area (Å²) in [5.41, 5.74) is 0.425. The van der Waals surface area contributed by atoms with Gasteiger partial charge in [-0.25, -0.2) is 23.1 Å². The van der Waals surface area contributed by atoms with E-state index in [0.29, 0.717) is 11.5 Å². The molecule has 0 radical (unpaired) electrons. The number of ether oxygens (including phenoxy) is 1. The van der Waals surface area contributed by atoms with Crippen molar-refractivity contribution in [3.05, 3.63) is 55.2 Å². The number of piperidine rings is 1. The van der Waals surface area contributed by atoms with Crippen LogP contribution in [0.15, 0.2) is 60.1 Å². The van der Waals surface area contributed by atoms with Gasteiger partial charge < -0.3 is 10.1 Å². The van der Waals surface area contributed by atoms with Crippen molar-refractivity contribution < 1.29 is 31.1 Å². The van der Waals surface area contributed by atoms with E-state index in [-0.39, 0.29) is 36.7 Å². The predicted octanol–water partition coefficient (Wildman–Crippen LogP) is 2.60. The summed E-state index contributed by atoms with van der Waals surface area (Å²) in [5, 5.41) is 6.81. The van der Waals surface area contributed by atoms with Gasteiger partial charge in [0.05, 0.1) is 10.6 Å². The Kier molecular flexibility index (Phi) is 6.52. The Balaban J connectivity index is 1.41. The van der Waals surface area contributed by atoms with E-state index >= 15 is 0 Å². The number of hydrogen-bond donors (Lipinski definition) is 1. The molecule has 34 heavy (non-hydrogen) atoms. The zero-order valence-corrected chi connectivity index (χ0v) is 18.3. The molecule has 1 saturated heterocycles. The normalized spacial score (nSPS) is 15.7. The van der Waals surface area contributed by atoms with Crippen molar-refractivity contribution in [2.75, 3.05) is 18.4 Å². The number of benzene rings is 1. The lowest BCUT2D eigenvalue weighted by molar-refractivity contribution is -0.274. The minimum atomic E-state index is -4.93. The largest absolute Gasteiger partial charge is 0.573 e. The SMILES string of the molecule is O=C(Nc1cccnc1-n1cncn1)C1CCN(S(=O)(=O)c2cccc(OC(F)(F)F)c2)CC1. The summed E-state index contributed by atoms with van der Waals surface area (Å²) in [6, 6.07) is 7.55. The van der Waals surface area contributed by atoms with Gasteiger partial charge in [0.15, 0.2) is 5.82 Å². The summed E-state index contributed by atoms with van der Waals surface area (Å²) in [7, 11) is -4.06. The lowest BCUT2D eigenvalue weighted by Gasteiger charge is -2.30. The second-order valence-electron chi connectivity index (χ2n) is 7.40. The molecular formula is C20H19F3N6O4S. The molecule has 0 unspecified atom stereocenters. The lowest BCUT2D eigenvalue weighted by Crippen LogP contribution is -2.41. The Morgan fingerprint density at radius 1 is 1.15 bits per heavy atom. The van der Waals surface area contributed by atoms with E-state index in [1.165, 1.54) is 29.5 Å². The number of sulfonamides is 1. The minimum Gasteiger partial charge on any atom is -0.406 e. The predicted molar refractivity (Wildman–Crippen MR) is 112 cm³/mol. The number of aromatic nitrogens is 4. The van der Waals surface area contributed by atoms with Gasteiger partial charge in [-0.05, 0) is 37.1 Å². The molecule has 0 bridgehead atoms. The van der Waals surface area contributed by atoms with Crippen LogP contribution in [0.1, 0.15) is 12.8 Å². The third-order valence-corrected chi connectivity index (χ3v) is 7.08. The van der Waals surface area contributed by atoms with Crippen LogP contribution in [0.2, 0.25) is 0 Å².